The number of carbonyl (C=O) groups is 1. The third-order valence-electron chi connectivity index (χ3n) is 3.42. The average molecular weight is 344 g/mol. The molecule has 1 unspecified atom stereocenters. The van der Waals surface area contributed by atoms with Gasteiger partial charge < -0.3 is 5.32 Å². The quantitative estimate of drug-likeness (QED) is 0.759. The third kappa shape index (κ3) is 2.83. The predicted octanol–water partition coefficient (Wildman–Crippen LogP) is 3.82. The lowest BCUT2D eigenvalue weighted by molar-refractivity contribution is 0.0940. The monoisotopic (exact) mass is 343 g/mol. The maximum Gasteiger partial charge on any atom is 0.251 e. The number of nitrogens with zero attached hydrogens (tertiary/aromatic N) is 1. The molecule has 1 amide bonds. The highest BCUT2D eigenvalue weighted by atomic mass is 79.9. The van der Waals surface area contributed by atoms with Gasteiger partial charge in [0.25, 0.3) is 5.91 Å². The van der Waals surface area contributed by atoms with E-state index in [0.717, 1.165) is 20.9 Å². The van der Waals surface area contributed by atoms with Gasteiger partial charge in [-0.2, -0.15) is 5.10 Å². The number of amides is 1. The molecule has 1 aromatic heterocycles. The van der Waals surface area contributed by atoms with Gasteiger partial charge in [0.05, 0.1) is 17.8 Å². The van der Waals surface area contributed by atoms with Crippen LogP contribution >= 0.6 is 15.9 Å². The van der Waals surface area contributed by atoms with Crippen molar-refractivity contribution in [2.24, 2.45) is 0 Å². The zero-order valence-electron chi connectivity index (χ0n) is 11.4. The van der Waals surface area contributed by atoms with Gasteiger partial charge in [0.2, 0.25) is 0 Å². The fourth-order valence-electron chi connectivity index (χ4n) is 2.26. The lowest BCUT2D eigenvalue weighted by Crippen LogP contribution is -2.26. The number of nitrogens with one attached hydrogen (secondary N) is 2. The summed E-state index contributed by atoms with van der Waals surface area (Å²) in [6.45, 7) is 1.97. The predicted molar refractivity (Wildman–Crippen MR) is 86.1 cm³/mol. The number of halogens is 1. The smallest absolute Gasteiger partial charge is 0.251 e. The van der Waals surface area contributed by atoms with Crippen LogP contribution in [0.4, 0.5) is 0 Å². The lowest BCUT2D eigenvalue weighted by Gasteiger charge is -2.16. The van der Waals surface area contributed by atoms with Crippen LogP contribution in [0.25, 0.3) is 10.9 Å². The van der Waals surface area contributed by atoms with Crippen molar-refractivity contribution < 1.29 is 4.79 Å². The Morgan fingerprint density at radius 1 is 1.29 bits per heavy atom. The molecule has 0 saturated carbocycles. The van der Waals surface area contributed by atoms with Crippen molar-refractivity contribution in [2.75, 3.05) is 0 Å². The Labute approximate surface area is 130 Å². The molecule has 0 bridgehead atoms. The number of hydrogen-bond acceptors (Lipinski definition) is 2. The van der Waals surface area contributed by atoms with E-state index in [1.807, 2.05) is 43.3 Å². The summed E-state index contributed by atoms with van der Waals surface area (Å²) in [5, 5.41) is 10.8. The van der Waals surface area contributed by atoms with Crippen molar-refractivity contribution in [1.29, 1.82) is 0 Å². The van der Waals surface area contributed by atoms with Crippen molar-refractivity contribution >= 4 is 32.7 Å². The zero-order valence-corrected chi connectivity index (χ0v) is 13.0. The van der Waals surface area contributed by atoms with E-state index in [1.54, 1.807) is 12.3 Å². The van der Waals surface area contributed by atoms with Crippen LogP contribution in [0.3, 0.4) is 0 Å². The van der Waals surface area contributed by atoms with E-state index in [0.29, 0.717) is 5.56 Å². The fourth-order valence-corrected chi connectivity index (χ4v) is 2.89. The van der Waals surface area contributed by atoms with E-state index >= 15 is 0 Å². The van der Waals surface area contributed by atoms with Gasteiger partial charge in [0.15, 0.2) is 0 Å². The Balaban J connectivity index is 1.81. The van der Waals surface area contributed by atoms with Crippen LogP contribution in [-0.4, -0.2) is 16.1 Å². The minimum Gasteiger partial charge on any atom is -0.345 e. The third-order valence-corrected chi connectivity index (χ3v) is 4.15. The summed E-state index contributed by atoms with van der Waals surface area (Å²) in [4.78, 5) is 12.3. The maximum absolute atomic E-state index is 12.3. The molecule has 1 heterocycles. The second kappa shape index (κ2) is 5.69. The normalized spacial score (nSPS) is 12.3. The Morgan fingerprint density at radius 3 is 2.90 bits per heavy atom. The average Bonchev–Trinajstić information content (AvgIpc) is 2.94. The molecular formula is C16H14BrN3O. The first-order chi connectivity index (χ1) is 10.1. The van der Waals surface area contributed by atoms with Crippen LogP contribution in [0, 0.1) is 0 Å². The number of benzene rings is 2. The Hall–Kier alpha value is -2.14. The highest BCUT2D eigenvalue weighted by Gasteiger charge is 2.14. The van der Waals surface area contributed by atoms with Gasteiger partial charge in [0.1, 0.15) is 0 Å². The number of H-pyrrole nitrogens is 1. The van der Waals surface area contributed by atoms with Crippen LogP contribution in [-0.2, 0) is 0 Å². The summed E-state index contributed by atoms with van der Waals surface area (Å²) in [7, 11) is 0. The first kappa shape index (κ1) is 13.8. The summed E-state index contributed by atoms with van der Waals surface area (Å²) in [6.07, 6.45) is 1.74. The standard InChI is InChI=1S/C16H14BrN3O/c1-10(13-4-2-3-5-14(13)17)19-16(21)11-6-7-12-9-18-20-15(12)8-11/h2-10H,1H3,(H,18,20)(H,19,21). The van der Waals surface area contributed by atoms with Crippen molar-refractivity contribution in [3.8, 4) is 0 Å². The van der Waals surface area contributed by atoms with Gasteiger partial charge in [-0.05, 0) is 30.7 Å². The Kier molecular flexibility index (Phi) is 3.75. The van der Waals surface area contributed by atoms with Crippen molar-refractivity contribution in [1.82, 2.24) is 15.5 Å². The van der Waals surface area contributed by atoms with E-state index < -0.39 is 0 Å². The van der Waals surface area contributed by atoms with Gasteiger partial charge in [-0.25, -0.2) is 0 Å². The molecule has 0 spiro atoms. The number of aromatic amines is 1. The molecule has 4 nitrogen and oxygen atoms in total. The van der Waals surface area contributed by atoms with E-state index in [4.69, 9.17) is 0 Å². The number of fused-ring (bicyclic) bond motifs is 1. The summed E-state index contributed by atoms with van der Waals surface area (Å²) >= 11 is 3.51. The van der Waals surface area contributed by atoms with E-state index in [9.17, 15) is 4.79 Å². The summed E-state index contributed by atoms with van der Waals surface area (Å²) in [5.74, 6) is -0.102. The summed E-state index contributed by atoms with van der Waals surface area (Å²) < 4.78 is 0.988. The molecule has 2 N–H and O–H groups in total. The van der Waals surface area contributed by atoms with Gasteiger partial charge in [-0.3, -0.25) is 9.89 Å². The van der Waals surface area contributed by atoms with E-state index in [-0.39, 0.29) is 11.9 Å². The first-order valence-corrected chi connectivity index (χ1v) is 7.43. The number of carbonyl (C=O) groups excluding carboxylic acids is 1. The summed E-state index contributed by atoms with van der Waals surface area (Å²) in [6, 6.07) is 13.3. The molecule has 0 aliphatic heterocycles. The van der Waals surface area contributed by atoms with E-state index in [1.165, 1.54) is 0 Å². The topological polar surface area (TPSA) is 57.8 Å². The van der Waals surface area contributed by atoms with Gasteiger partial charge in [0, 0.05) is 15.4 Å². The van der Waals surface area contributed by atoms with Crippen LogP contribution in [0.1, 0.15) is 28.9 Å². The molecule has 2 aromatic carbocycles. The van der Waals surface area contributed by atoms with Crippen LogP contribution in [0.5, 0.6) is 0 Å². The molecule has 106 valence electrons. The SMILES string of the molecule is CC(NC(=O)c1ccc2cn[nH]c2c1)c1ccccc1Br. The maximum atomic E-state index is 12.3. The van der Waals surface area contributed by atoms with Crippen LogP contribution in [0.15, 0.2) is 53.1 Å². The van der Waals surface area contributed by atoms with Gasteiger partial charge >= 0.3 is 0 Å². The fraction of sp³-hybridized carbons (Fsp3) is 0.125. The molecule has 0 saturated heterocycles. The Morgan fingerprint density at radius 2 is 2.10 bits per heavy atom. The molecule has 0 radical (unpaired) electrons. The highest BCUT2D eigenvalue weighted by molar-refractivity contribution is 9.10. The number of rotatable bonds is 3. The minimum absolute atomic E-state index is 0.0782. The molecule has 0 aliphatic carbocycles. The van der Waals surface area contributed by atoms with E-state index in [2.05, 4.69) is 31.4 Å². The molecular weight excluding hydrogens is 330 g/mol. The zero-order chi connectivity index (χ0) is 14.8. The molecule has 3 rings (SSSR count). The largest absolute Gasteiger partial charge is 0.345 e. The molecule has 0 aliphatic rings. The molecule has 0 fully saturated rings. The second-order valence-electron chi connectivity index (χ2n) is 4.89. The van der Waals surface area contributed by atoms with Gasteiger partial charge in [-0.1, -0.05) is 40.2 Å². The molecule has 1 atom stereocenters. The summed E-state index contributed by atoms with van der Waals surface area (Å²) in [5.41, 5.74) is 2.52. The minimum atomic E-state index is -0.102. The van der Waals surface area contributed by atoms with Crippen LogP contribution < -0.4 is 5.32 Å². The second-order valence-corrected chi connectivity index (χ2v) is 5.74. The number of hydrogen-bond donors (Lipinski definition) is 2. The van der Waals surface area contributed by atoms with Crippen molar-refractivity contribution in [2.45, 2.75) is 13.0 Å². The molecule has 5 heteroatoms. The van der Waals surface area contributed by atoms with Crippen molar-refractivity contribution in [3.05, 3.63) is 64.3 Å². The van der Waals surface area contributed by atoms with Crippen LogP contribution in [0.2, 0.25) is 0 Å². The molecule has 21 heavy (non-hydrogen) atoms. The van der Waals surface area contributed by atoms with Crippen molar-refractivity contribution in [3.63, 3.8) is 0 Å². The Bertz CT molecular complexity index is 797. The lowest BCUT2D eigenvalue weighted by atomic mass is 10.1. The number of aromatic nitrogens is 2. The van der Waals surface area contributed by atoms with Gasteiger partial charge in [-0.15, -0.1) is 0 Å². The molecule has 3 aromatic rings. The highest BCUT2D eigenvalue weighted by Crippen LogP contribution is 2.23. The first-order valence-electron chi connectivity index (χ1n) is 6.63.